The highest BCUT2D eigenvalue weighted by atomic mass is 79.9. The first-order valence-electron chi connectivity index (χ1n) is 5.67. The lowest BCUT2D eigenvalue weighted by atomic mass is 10.3. The van der Waals surface area contributed by atoms with Gasteiger partial charge in [-0.15, -0.1) is 0 Å². The van der Waals surface area contributed by atoms with Crippen LogP contribution >= 0.6 is 0 Å². The second-order valence-electron chi connectivity index (χ2n) is 4.60. The molecule has 4 aliphatic heterocycles. The summed E-state index contributed by atoms with van der Waals surface area (Å²) in [5.41, 5.74) is 0. The molecular formula is C10H16Br2N4. The summed E-state index contributed by atoms with van der Waals surface area (Å²) in [7, 11) is 0. The van der Waals surface area contributed by atoms with Crippen LogP contribution in [0.15, 0.2) is 0 Å². The van der Waals surface area contributed by atoms with Crippen molar-refractivity contribution >= 4 is 11.7 Å². The highest BCUT2D eigenvalue weighted by molar-refractivity contribution is 6.37. The van der Waals surface area contributed by atoms with Gasteiger partial charge in [0.15, 0.2) is 0 Å². The average Bonchev–Trinajstić information content (AvgIpc) is 2.77. The van der Waals surface area contributed by atoms with Crippen molar-refractivity contribution < 1.29 is 43.1 Å². The molecule has 0 saturated carbocycles. The lowest BCUT2D eigenvalue weighted by Gasteiger charge is -2.23. The fraction of sp³-hybridized carbons (Fsp3) is 0.800. The average molecular weight is 352 g/mol. The van der Waals surface area contributed by atoms with Crippen LogP contribution in [0.25, 0.3) is 0 Å². The summed E-state index contributed by atoms with van der Waals surface area (Å²) in [6.45, 7) is 9.96. The molecule has 0 amide bonds. The molecule has 0 aliphatic carbocycles. The van der Waals surface area contributed by atoms with Crippen LogP contribution in [0.4, 0.5) is 0 Å². The Kier molecular flexibility index (Phi) is 3.32. The first kappa shape index (κ1) is 12.4. The molecule has 0 aromatic heterocycles. The molecule has 0 fully saturated rings. The molecule has 0 radical (unpaired) electrons. The molecule has 4 heterocycles. The van der Waals surface area contributed by atoms with E-state index in [0.29, 0.717) is 0 Å². The van der Waals surface area contributed by atoms with Gasteiger partial charge < -0.3 is 34.0 Å². The predicted octanol–water partition coefficient (Wildman–Crippen LogP) is -7.53. The molecule has 90 valence electrons. The maximum atomic E-state index is 2.57. The Morgan fingerprint density at radius 1 is 0.625 bits per heavy atom. The Balaban J connectivity index is 0.000000482. The normalized spacial score (nSPS) is 25.5. The van der Waals surface area contributed by atoms with Gasteiger partial charge in [-0.1, -0.05) is 0 Å². The monoisotopic (exact) mass is 350 g/mol. The van der Waals surface area contributed by atoms with Crippen molar-refractivity contribution in [1.29, 1.82) is 0 Å². The highest BCUT2D eigenvalue weighted by Gasteiger charge is 2.51. The Hall–Kier alpha value is -0.100. The Bertz CT molecular complexity index is 341. The summed E-state index contributed by atoms with van der Waals surface area (Å²) in [6.07, 6.45) is 0. The van der Waals surface area contributed by atoms with Crippen LogP contribution in [0.3, 0.4) is 0 Å². The van der Waals surface area contributed by atoms with Gasteiger partial charge >= 0.3 is 11.7 Å². The molecular weight excluding hydrogens is 336 g/mol. The van der Waals surface area contributed by atoms with E-state index < -0.39 is 0 Å². The van der Waals surface area contributed by atoms with Gasteiger partial charge in [-0.3, -0.25) is 0 Å². The van der Waals surface area contributed by atoms with E-state index in [1.165, 1.54) is 52.4 Å². The van der Waals surface area contributed by atoms with Crippen LogP contribution < -0.4 is 34.0 Å². The zero-order valence-electron chi connectivity index (χ0n) is 9.20. The fourth-order valence-electron chi connectivity index (χ4n) is 3.23. The summed E-state index contributed by atoms with van der Waals surface area (Å²) in [6, 6.07) is 0. The molecule has 0 bridgehead atoms. The van der Waals surface area contributed by atoms with Crippen LogP contribution in [0.2, 0.25) is 0 Å². The van der Waals surface area contributed by atoms with Gasteiger partial charge in [-0.25, -0.2) is 19.0 Å². The standard InChI is InChI=1S/C10H16N4.2BrH/c1-2-12-7-8-14-4-3-13-6-5-11(1)9(12)10(13)14;;/h1-8H2;2*1H/q+2;;/p-2. The van der Waals surface area contributed by atoms with Crippen LogP contribution in [-0.4, -0.2) is 83.0 Å². The first-order chi connectivity index (χ1) is 6.93. The van der Waals surface area contributed by atoms with Crippen molar-refractivity contribution in [1.82, 2.24) is 9.80 Å². The number of halogens is 2. The number of nitrogens with zero attached hydrogens (tertiary/aromatic N) is 4. The minimum absolute atomic E-state index is 0. The van der Waals surface area contributed by atoms with Gasteiger partial charge in [0.2, 0.25) is 0 Å². The highest BCUT2D eigenvalue weighted by Crippen LogP contribution is 2.17. The summed E-state index contributed by atoms with van der Waals surface area (Å²) in [5, 5.41) is 0. The van der Waals surface area contributed by atoms with Gasteiger partial charge in [0, 0.05) is 0 Å². The van der Waals surface area contributed by atoms with Crippen molar-refractivity contribution in [3.05, 3.63) is 0 Å². The van der Waals surface area contributed by atoms with Gasteiger partial charge in [-0.05, 0) is 0 Å². The second kappa shape index (κ2) is 4.29. The topological polar surface area (TPSA) is 12.5 Å². The summed E-state index contributed by atoms with van der Waals surface area (Å²) < 4.78 is 5.15. The quantitative estimate of drug-likeness (QED) is 0.402. The SMILES string of the molecule is C1C[N+]2=C3C4=[N+](CCN4CC2)CCN13.[Br-].[Br-]. The number of amidine groups is 2. The molecule has 4 aliphatic rings. The maximum absolute atomic E-state index is 2.57. The molecule has 0 aromatic rings. The third-order valence-corrected chi connectivity index (χ3v) is 3.96. The zero-order chi connectivity index (χ0) is 9.12. The number of hydrogen-bond acceptors (Lipinski definition) is 2. The van der Waals surface area contributed by atoms with E-state index in [1.807, 2.05) is 0 Å². The van der Waals surface area contributed by atoms with Crippen LogP contribution in [-0.2, 0) is 0 Å². The van der Waals surface area contributed by atoms with Gasteiger partial charge in [0.25, 0.3) is 0 Å². The van der Waals surface area contributed by atoms with E-state index in [2.05, 4.69) is 19.0 Å². The van der Waals surface area contributed by atoms with E-state index in [9.17, 15) is 0 Å². The van der Waals surface area contributed by atoms with Crippen molar-refractivity contribution in [3.8, 4) is 0 Å². The Morgan fingerprint density at radius 2 is 0.938 bits per heavy atom. The Labute approximate surface area is 117 Å². The molecule has 6 heteroatoms. The van der Waals surface area contributed by atoms with Crippen LogP contribution in [0.1, 0.15) is 0 Å². The van der Waals surface area contributed by atoms with Gasteiger partial charge in [-0.2, -0.15) is 0 Å². The molecule has 0 aromatic carbocycles. The third kappa shape index (κ3) is 1.45. The summed E-state index contributed by atoms with van der Waals surface area (Å²) >= 11 is 0. The molecule has 0 spiro atoms. The van der Waals surface area contributed by atoms with E-state index in [4.69, 9.17) is 0 Å². The minimum Gasteiger partial charge on any atom is -1.00 e. The van der Waals surface area contributed by atoms with E-state index in [1.54, 1.807) is 11.7 Å². The molecule has 0 atom stereocenters. The minimum atomic E-state index is 0. The van der Waals surface area contributed by atoms with Crippen LogP contribution in [0, 0.1) is 0 Å². The second-order valence-corrected chi connectivity index (χ2v) is 4.60. The van der Waals surface area contributed by atoms with E-state index >= 15 is 0 Å². The van der Waals surface area contributed by atoms with E-state index in [0.717, 1.165) is 0 Å². The smallest absolute Gasteiger partial charge is 0.363 e. The van der Waals surface area contributed by atoms with Crippen LogP contribution in [0.5, 0.6) is 0 Å². The molecule has 4 nitrogen and oxygen atoms in total. The summed E-state index contributed by atoms with van der Waals surface area (Å²) in [5.74, 6) is 3.08. The zero-order valence-corrected chi connectivity index (χ0v) is 12.4. The van der Waals surface area contributed by atoms with Gasteiger partial charge in [0.1, 0.15) is 52.4 Å². The number of rotatable bonds is 0. The molecule has 4 rings (SSSR count). The largest absolute Gasteiger partial charge is 1.00 e. The molecule has 0 N–H and O–H groups in total. The van der Waals surface area contributed by atoms with Crippen molar-refractivity contribution in [3.63, 3.8) is 0 Å². The maximum Gasteiger partial charge on any atom is 0.363 e. The third-order valence-electron chi connectivity index (χ3n) is 3.96. The van der Waals surface area contributed by atoms with Crippen molar-refractivity contribution in [2.75, 3.05) is 52.4 Å². The lowest BCUT2D eigenvalue weighted by molar-refractivity contribution is -0.536. The predicted molar refractivity (Wildman–Crippen MR) is 53.1 cm³/mol. The Morgan fingerprint density at radius 3 is 1.25 bits per heavy atom. The van der Waals surface area contributed by atoms with Crippen molar-refractivity contribution in [2.45, 2.75) is 0 Å². The number of hydrogen-bond donors (Lipinski definition) is 0. The van der Waals surface area contributed by atoms with Crippen molar-refractivity contribution in [2.24, 2.45) is 0 Å². The fourth-order valence-corrected chi connectivity index (χ4v) is 3.23. The van der Waals surface area contributed by atoms with E-state index in [-0.39, 0.29) is 34.0 Å². The molecule has 0 saturated heterocycles. The van der Waals surface area contributed by atoms with Gasteiger partial charge in [0.05, 0.1) is 0 Å². The summed E-state index contributed by atoms with van der Waals surface area (Å²) in [4.78, 5) is 5.15. The molecule has 16 heavy (non-hydrogen) atoms. The molecule has 0 unspecified atom stereocenters. The first-order valence-corrected chi connectivity index (χ1v) is 5.67. The lowest BCUT2D eigenvalue weighted by Crippen LogP contribution is -3.00.